The maximum Gasteiger partial charge on any atom is 0.0465 e. The molecular formula is C19H21N3. The average molecular weight is 291 g/mol. The Bertz CT molecular complexity index is 860. The van der Waals surface area contributed by atoms with Crippen molar-refractivity contribution in [2.45, 2.75) is 26.8 Å². The van der Waals surface area contributed by atoms with Crippen molar-refractivity contribution in [3.8, 4) is 11.1 Å². The Morgan fingerprint density at radius 3 is 2.82 bits per heavy atom. The number of nitrogens with zero attached hydrogens (tertiary/aromatic N) is 2. The van der Waals surface area contributed by atoms with E-state index in [1.807, 2.05) is 6.20 Å². The van der Waals surface area contributed by atoms with Gasteiger partial charge in [-0.3, -0.25) is 4.98 Å². The fourth-order valence-electron chi connectivity index (χ4n) is 3.36. The normalized spacial score (nSPS) is 15.2. The summed E-state index contributed by atoms with van der Waals surface area (Å²) in [5.41, 5.74) is 8.88. The number of H-pyrrole nitrogens is 1. The lowest BCUT2D eigenvalue weighted by atomic mass is 10.0. The molecule has 3 nitrogen and oxygen atoms in total. The first-order valence-electron chi connectivity index (χ1n) is 7.87. The Hall–Kier alpha value is -2.13. The van der Waals surface area contributed by atoms with Gasteiger partial charge in [0.1, 0.15) is 0 Å². The number of likely N-dealkylation sites (N-methyl/N-ethyl adjacent to an activating group) is 1. The van der Waals surface area contributed by atoms with Gasteiger partial charge in [0.25, 0.3) is 0 Å². The number of aryl methyl sites for hydroxylation is 2. The second-order valence-electron chi connectivity index (χ2n) is 6.46. The predicted molar refractivity (Wildman–Crippen MR) is 91.0 cm³/mol. The average Bonchev–Trinajstić information content (AvgIpc) is 2.86. The van der Waals surface area contributed by atoms with Gasteiger partial charge in [0, 0.05) is 47.1 Å². The Labute approximate surface area is 131 Å². The van der Waals surface area contributed by atoms with Crippen molar-refractivity contribution in [1.29, 1.82) is 0 Å². The minimum absolute atomic E-state index is 1.02. The lowest BCUT2D eigenvalue weighted by Crippen LogP contribution is -2.26. The zero-order valence-corrected chi connectivity index (χ0v) is 13.4. The summed E-state index contributed by atoms with van der Waals surface area (Å²) in [6.45, 7) is 6.33. The molecule has 0 bridgehead atoms. The Balaban J connectivity index is 1.82. The molecular weight excluding hydrogens is 270 g/mol. The molecule has 3 heteroatoms. The van der Waals surface area contributed by atoms with Crippen LogP contribution >= 0.6 is 0 Å². The zero-order chi connectivity index (χ0) is 15.3. The molecule has 0 unspecified atom stereocenters. The second-order valence-corrected chi connectivity index (χ2v) is 6.46. The minimum Gasteiger partial charge on any atom is -0.357 e. The summed E-state index contributed by atoms with van der Waals surface area (Å²) in [4.78, 5) is 10.5. The Kier molecular flexibility index (Phi) is 3.05. The van der Waals surface area contributed by atoms with Crippen molar-refractivity contribution >= 4 is 10.9 Å². The van der Waals surface area contributed by atoms with E-state index in [4.69, 9.17) is 0 Å². The molecule has 0 fully saturated rings. The van der Waals surface area contributed by atoms with Crippen LogP contribution in [0.4, 0.5) is 0 Å². The molecule has 0 saturated carbocycles. The van der Waals surface area contributed by atoms with E-state index in [2.05, 4.69) is 60.0 Å². The number of hydrogen-bond donors (Lipinski definition) is 1. The third-order valence-electron chi connectivity index (χ3n) is 4.84. The van der Waals surface area contributed by atoms with E-state index >= 15 is 0 Å². The first-order chi connectivity index (χ1) is 10.6. The molecule has 0 spiro atoms. The molecule has 1 N–H and O–H groups in total. The standard InChI is InChI=1S/C19H21N3/c1-12-8-15(10-20-13(12)2)14-4-5-16-17-6-7-22(3)11-19(17)21-18(16)9-14/h4-5,8-10,21H,6-7,11H2,1-3H3. The van der Waals surface area contributed by atoms with Crippen molar-refractivity contribution in [2.24, 2.45) is 0 Å². The molecule has 3 heterocycles. The molecule has 0 atom stereocenters. The van der Waals surface area contributed by atoms with Gasteiger partial charge in [-0.1, -0.05) is 12.1 Å². The van der Waals surface area contributed by atoms with E-state index in [9.17, 15) is 0 Å². The van der Waals surface area contributed by atoms with Crippen molar-refractivity contribution in [2.75, 3.05) is 13.6 Å². The van der Waals surface area contributed by atoms with Crippen LogP contribution in [0, 0.1) is 13.8 Å². The van der Waals surface area contributed by atoms with Crippen LogP contribution in [0.3, 0.4) is 0 Å². The van der Waals surface area contributed by atoms with Crippen LogP contribution < -0.4 is 0 Å². The molecule has 0 saturated heterocycles. The van der Waals surface area contributed by atoms with Gasteiger partial charge in [-0.2, -0.15) is 0 Å². The number of rotatable bonds is 1. The topological polar surface area (TPSA) is 31.9 Å². The number of nitrogens with one attached hydrogen (secondary N) is 1. The molecule has 112 valence electrons. The van der Waals surface area contributed by atoms with Crippen LogP contribution in [-0.4, -0.2) is 28.5 Å². The summed E-state index contributed by atoms with van der Waals surface area (Å²) >= 11 is 0. The van der Waals surface area contributed by atoms with E-state index < -0.39 is 0 Å². The highest BCUT2D eigenvalue weighted by molar-refractivity contribution is 5.89. The molecule has 1 aliphatic heterocycles. The van der Waals surface area contributed by atoms with Gasteiger partial charge in [0.05, 0.1) is 0 Å². The molecule has 0 amide bonds. The van der Waals surface area contributed by atoms with Crippen LogP contribution in [0.1, 0.15) is 22.5 Å². The fraction of sp³-hybridized carbons (Fsp3) is 0.316. The van der Waals surface area contributed by atoms with Gasteiger partial charge in [0.2, 0.25) is 0 Å². The first-order valence-corrected chi connectivity index (χ1v) is 7.87. The van der Waals surface area contributed by atoms with E-state index in [1.54, 1.807) is 0 Å². The van der Waals surface area contributed by atoms with E-state index in [0.717, 1.165) is 25.2 Å². The van der Waals surface area contributed by atoms with E-state index in [1.165, 1.54) is 38.9 Å². The van der Waals surface area contributed by atoms with Crippen LogP contribution in [0.15, 0.2) is 30.5 Å². The molecule has 22 heavy (non-hydrogen) atoms. The molecule has 1 aliphatic rings. The summed E-state index contributed by atoms with van der Waals surface area (Å²) in [6, 6.07) is 8.97. The van der Waals surface area contributed by atoms with Crippen LogP contribution in [0.5, 0.6) is 0 Å². The van der Waals surface area contributed by atoms with Crippen molar-refractivity contribution in [3.63, 3.8) is 0 Å². The second kappa shape index (κ2) is 4.96. The Morgan fingerprint density at radius 1 is 1.14 bits per heavy atom. The SMILES string of the molecule is Cc1cc(-c2ccc3c4c([nH]c3c2)CN(C)CC4)cnc1C. The van der Waals surface area contributed by atoms with Crippen LogP contribution in [0.2, 0.25) is 0 Å². The highest BCUT2D eigenvalue weighted by atomic mass is 15.1. The zero-order valence-electron chi connectivity index (χ0n) is 13.4. The van der Waals surface area contributed by atoms with Crippen molar-refractivity contribution in [3.05, 3.63) is 53.0 Å². The summed E-state index contributed by atoms with van der Waals surface area (Å²) in [6.07, 6.45) is 3.11. The fourth-order valence-corrected chi connectivity index (χ4v) is 3.36. The lowest BCUT2D eigenvalue weighted by Gasteiger charge is -2.22. The quantitative estimate of drug-likeness (QED) is 0.739. The first kappa shape index (κ1) is 13.5. The maximum atomic E-state index is 4.49. The summed E-state index contributed by atoms with van der Waals surface area (Å²) in [5, 5.41) is 1.38. The summed E-state index contributed by atoms with van der Waals surface area (Å²) in [7, 11) is 2.18. The molecule has 0 aliphatic carbocycles. The van der Waals surface area contributed by atoms with Gasteiger partial charge >= 0.3 is 0 Å². The van der Waals surface area contributed by atoms with Gasteiger partial charge in [-0.25, -0.2) is 0 Å². The Morgan fingerprint density at radius 2 is 2.00 bits per heavy atom. The lowest BCUT2D eigenvalue weighted by molar-refractivity contribution is 0.310. The number of aromatic amines is 1. The van der Waals surface area contributed by atoms with E-state index in [-0.39, 0.29) is 0 Å². The highest BCUT2D eigenvalue weighted by Gasteiger charge is 2.18. The largest absolute Gasteiger partial charge is 0.357 e. The maximum absolute atomic E-state index is 4.49. The van der Waals surface area contributed by atoms with Crippen LogP contribution in [0.25, 0.3) is 22.0 Å². The number of pyridine rings is 1. The smallest absolute Gasteiger partial charge is 0.0465 e. The van der Waals surface area contributed by atoms with Crippen molar-refractivity contribution < 1.29 is 0 Å². The minimum atomic E-state index is 1.02. The molecule has 0 radical (unpaired) electrons. The third kappa shape index (κ3) is 2.13. The molecule has 2 aromatic heterocycles. The third-order valence-corrected chi connectivity index (χ3v) is 4.84. The van der Waals surface area contributed by atoms with Gasteiger partial charge in [0.15, 0.2) is 0 Å². The highest BCUT2D eigenvalue weighted by Crippen LogP contribution is 2.30. The molecule has 1 aromatic carbocycles. The van der Waals surface area contributed by atoms with E-state index in [0.29, 0.717) is 0 Å². The number of hydrogen-bond acceptors (Lipinski definition) is 2. The van der Waals surface area contributed by atoms with Gasteiger partial charge in [-0.15, -0.1) is 0 Å². The predicted octanol–water partition coefficient (Wildman–Crippen LogP) is 3.83. The molecule has 4 rings (SSSR count). The molecule has 3 aromatic rings. The number of aromatic nitrogens is 2. The number of fused-ring (bicyclic) bond motifs is 3. The number of benzene rings is 1. The monoisotopic (exact) mass is 291 g/mol. The van der Waals surface area contributed by atoms with Gasteiger partial charge in [-0.05, 0) is 56.1 Å². The van der Waals surface area contributed by atoms with Crippen molar-refractivity contribution in [1.82, 2.24) is 14.9 Å². The van der Waals surface area contributed by atoms with Crippen LogP contribution in [-0.2, 0) is 13.0 Å². The summed E-state index contributed by atoms with van der Waals surface area (Å²) in [5.74, 6) is 0. The van der Waals surface area contributed by atoms with Gasteiger partial charge < -0.3 is 9.88 Å². The summed E-state index contributed by atoms with van der Waals surface area (Å²) < 4.78 is 0.